The summed E-state index contributed by atoms with van der Waals surface area (Å²) in [7, 11) is 0. The monoisotopic (exact) mass is 513 g/mol. The number of aliphatic hydroxyl groups is 1. The Kier molecular flexibility index (Phi) is 8.42. The Bertz CT molecular complexity index is 1260. The molecular formula is C24H30F3N3O4S. The third kappa shape index (κ3) is 5.95. The molecule has 2 aromatic heterocycles. The number of aliphatic hydroxyl groups excluding tert-OH is 1. The first-order valence-electron chi connectivity index (χ1n) is 11.6. The molecule has 7 nitrogen and oxygen atoms in total. The summed E-state index contributed by atoms with van der Waals surface area (Å²) in [5.74, 6) is -0.347. The Hall–Kier alpha value is -2.66. The van der Waals surface area contributed by atoms with Crippen molar-refractivity contribution < 1.29 is 23.1 Å². The SMILES string of the molecule is C/C=C\C(=C/C)CCn1c(=O)c2c(C)c(C(=O)N3CCC(O)CC3)sc2n(CCC(F)(F)F)c1=O. The predicted octanol–water partition coefficient (Wildman–Crippen LogP) is 3.99. The van der Waals surface area contributed by atoms with Crippen LogP contribution in [0.5, 0.6) is 0 Å². The second-order valence-electron chi connectivity index (χ2n) is 8.63. The van der Waals surface area contributed by atoms with Gasteiger partial charge in [0.05, 0.1) is 22.8 Å². The molecule has 11 heteroatoms. The van der Waals surface area contributed by atoms with Crippen molar-refractivity contribution in [2.24, 2.45) is 0 Å². The molecule has 3 rings (SSSR count). The van der Waals surface area contributed by atoms with E-state index in [0.717, 1.165) is 26.0 Å². The number of amides is 1. The first-order valence-corrected chi connectivity index (χ1v) is 12.4. The van der Waals surface area contributed by atoms with Gasteiger partial charge in [-0.15, -0.1) is 11.3 Å². The van der Waals surface area contributed by atoms with Crippen LogP contribution in [-0.4, -0.2) is 50.4 Å². The average molecular weight is 514 g/mol. The number of piperidine rings is 1. The fourth-order valence-electron chi connectivity index (χ4n) is 4.22. The summed E-state index contributed by atoms with van der Waals surface area (Å²) in [5, 5.41) is 9.83. The number of fused-ring (bicyclic) bond motifs is 1. The normalized spacial score (nSPS) is 16.1. The number of alkyl halides is 3. The molecule has 1 fully saturated rings. The Morgan fingerprint density at radius 3 is 2.37 bits per heavy atom. The van der Waals surface area contributed by atoms with E-state index in [9.17, 15) is 32.7 Å². The summed E-state index contributed by atoms with van der Waals surface area (Å²) in [5.41, 5.74) is -0.179. The lowest BCUT2D eigenvalue weighted by Gasteiger charge is -2.29. The standard InChI is InChI=1S/C24H30F3N3O4S/c1-4-6-16(5-2)7-13-29-20(32)18-15(3)19(21(33)28-11-8-17(31)9-12-28)35-22(18)30(23(29)34)14-10-24(25,26)27/h4-6,17,31H,7-14H2,1-3H3/b6-4-,16-5+. The van der Waals surface area contributed by atoms with Crippen LogP contribution in [0, 0.1) is 6.92 Å². The van der Waals surface area contributed by atoms with Crippen LogP contribution >= 0.6 is 11.3 Å². The van der Waals surface area contributed by atoms with E-state index in [2.05, 4.69) is 0 Å². The van der Waals surface area contributed by atoms with Crippen molar-refractivity contribution in [3.63, 3.8) is 0 Å². The van der Waals surface area contributed by atoms with Crippen LogP contribution in [0.2, 0.25) is 0 Å². The molecule has 2 aromatic rings. The summed E-state index contributed by atoms with van der Waals surface area (Å²) in [6.45, 7) is 5.30. The summed E-state index contributed by atoms with van der Waals surface area (Å²) in [6.07, 6.45) is 0.513. The molecule has 0 saturated carbocycles. The first kappa shape index (κ1) is 26.9. The highest BCUT2D eigenvalue weighted by Crippen LogP contribution is 2.31. The van der Waals surface area contributed by atoms with Gasteiger partial charge in [-0.25, -0.2) is 4.79 Å². The van der Waals surface area contributed by atoms with Crippen molar-refractivity contribution in [2.45, 2.75) is 71.8 Å². The van der Waals surface area contributed by atoms with Crippen LogP contribution in [0.15, 0.2) is 33.4 Å². The van der Waals surface area contributed by atoms with Crippen LogP contribution in [-0.2, 0) is 13.1 Å². The molecular weight excluding hydrogens is 483 g/mol. The number of allylic oxidation sites excluding steroid dienone is 4. The van der Waals surface area contributed by atoms with Crippen molar-refractivity contribution in [3.05, 3.63) is 55.1 Å². The number of aryl methyl sites for hydroxylation is 2. The second kappa shape index (κ2) is 10.9. The van der Waals surface area contributed by atoms with Gasteiger partial charge < -0.3 is 10.0 Å². The van der Waals surface area contributed by atoms with Gasteiger partial charge in [0.15, 0.2) is 0 Å². The van der Waals surface area contributed by atoms with Crippen LogP contribution < -0.4 is 11.2 Å². The minimum Gasteiger partial charge on any atom is -0.393 e. The van der Waals surface area contributed by atoms with Crippen molar-refractivity contribution in [2.75, 3.05) is 13.1 Å². The van der Waals surface area contributed by atoms with E-state index in [1.807, 2.05) is 32.1 Å². The molecule has 0 aliphatic carbocycles. The molecule has 0 unspecified atom stereocenters. The van der Waals surface area contributed by atoms with E-state index in [1.54, 1.807) is 11.8 Å². The van der Waals surface area contributed by atoms with Gasteiger partial charge in [0.25, 0.3) is 11.5 Å². The number of likely N-dealkylation sites (tertiary alicyclic amines) is 1. The van der Waals surface area contributed by atoms with E-state index in [0.29, 0.717) is 37.9 Å². The minimum absolute atomic E-state index is 0.00617. The van der Waals surface area contributed by atoms with Crippen LogP contribution in [0.1, 0.15) is 54.8 Å². The number of thiophene rings is 1. The maximum Gasteiger partial charge on any atom is 0.390 e. The third-order valence-electron chi connectivity index (χ3n) is 6.23. The molecule has 3 heterocycles. The predicted molar refractivity (Wildman–Crippen MR) is 130 cm³/mol. The second-order valence-corrected chi connectivity index (χ2v) is 9.63. The zero-order valence-electron chi connectivity index (χ0n) is 20.0. The highest BCUT2D eigenvalue weighted by Gasteiger charge is 2.31. The van der Waals surface area contributed by atoms with E-state index in [1.165, 1.54) is 0 Å². The number of hydrogen-bond donors (Lipinski definition) is 1. The number of nitrogens with zero attached hydrogens (tertiary/aromatic N) is 3. The number of aromatic nitrogens is 2. The third-order valence-corrected chi connectivity index (χ3v) is 7.54. The average Bonchev–Trinajstić information content (AvgIpc) is 3.14. The van der Waals surface area contributed by atoms with Gasteiger partial charge >= 0.3 is 11.9 Å². The lowest BCUT2D eigenvalue weighted by atomic mass is 10.1. The Balaban J connectivity index is 2.13. The maximum absolute atomic E-state index is 13.4. The van der Waals surface area contributed by atoms with E-state index >= 15 is 0 Å². The summed E-state index contributed by atoms with van der Waals surface area (Å²) >= 11 is 0.884. The summed E-state index contributed by atoms with van der Waals surface area (Å²) in [4.78, 5) is 41.7. The Labute approximate surface area is 204 Å². The van der Waals surface area contributed by atoms with Gasteiger partial charge in [-0.3, -0.25) is 18.7 Å². The molecule has 1 aliphatic rings. The summed E-state index contributed by atoms with van der Waals surface area (Å²) in [6, 6.07) is 0. The molecule has 0 bridgehead atoms. The minimum atomic E-state index is -4.49. The van der Waals surface area contributed by atoms with E-state index in [-0.39, 0.29) is 27.5 Å². The molecule has 1 saturated heterocycles. The lowest BCUT2D eigenvalue weighted by molar-refractivity contribution is -0.136. The largest absolute Gasteiger partial charge is 0.393 e. The topological polar surface area (TPSA) is 84.5 Å². The number of halogens is 3. The molecule has 192 valence electrons. The quantitative estimate of drug-likeness (QED) is 0.568. The Morgan fingerprint density at radius 1 is 1.14 bits per heavy atom. The van der Waals surface area contributed by atoms with Gasteiger partial charge in [0, 0.05) is 26.2 Å². The molecule has 0 radical (unpaired) electrons. The van der Waals surface area contributed by atoms with Crippen LogP contribution in [0.25, 0.3) is 10.2 Å². The lowest BCUT2D eigenvalue weighted by Crippen LogP contribution is -2.40. The number of carbonyl (C=O) groups excluding carboxylic acids is 1. The van der Waals surface area contributed by atoms with Crippen molar-refractivity contribution >= 4 is 27.5 Å². The molecule has 0 atom stereocenters. The molecule has 35 heavy (non-hydrogen) atoms. The van der Waals surface area contributed by atoms with Crippen molar-refractivity contribution in [1.29, 1.82) is 0 Å². The number of hydrogen-bond acceptors (Lipinski definition) is 5. The molecule has 0 spiro atoms. The smallest absolute Gasteiger partial charge is 0.390 e. The molecule has 0 aromatic carbocycles. The number of carbonyl (C=O) groups is 1. The molecule has 1 aliphatic heterocycles. The first-order chi connectivity index (χ1) is 16.5. The van der Waals surface area contributed by atoms with Crippen LogP contribution in [0.3, 0.4) is 0 Å². The van der Waals surface area contributed by atoms with Crippen LogP contribution in [0.4, 0.5) is 13.2 Å². The van der Waals surface area contributed by atoms with Gasteiger partial charge in [-0.05, 0) is 45.6 Å². The van der Waals surface area contributed by atoms with Gasteiger partial charge in [0.2, 0.25) is 0 Å². The van der Waals surface area contributed by atoms with Gasteiger partial charge in [-0.2, -0.15) is 13.2 Å². The molecule has 1 N–H and O–H groups in total. The molecule has 1 amide bonds. The summed E-state index contributed by atoms with van der Waals surface area (Å²) < 4.78 is 41.1. The van der Waals surface area contributed by atoms with Crippen molar-refractivity contribution in [3.8, 4) is 0 Å². The zero-order valence-corrected chi connectivity index (χ0v) is 20.8. The number of rotatable bonds is 7. The van der Waals surface area contributed by atoms with E-state index < -0.39 is 36.5 Å². The van der Waals surface area contributed by atoms with Gasteiger partial charge in [-0.1, -0.05) is 23.8 Å². The highest BCUT2D eigenvalue weighted by atomic mass is 32.1. The highest BCUT2D eigenvalue weighted by molar-refractivity contribution is 7.20. The Morgan fingerprint density at radius 2 is 1.80 bits per heavy atom. The maximum atomic E-state index is 13.4. The van der Waals surface area contributed by atoms with Gasteiger partial charge in [0.1, 0.15) is 4.83 Å². The fraction of sp³-hybridized carbons (Fsp3) is 0.542. The zero-order chi connectivity index (χ0) is 25.9. The fourth-order valence-corrected chi connectivity index (χ4v) is 5.51. The van der Waals surface area contributed by atoms with Crippen molar-refractivity contribution in [1.82, 2.24) is 14.0 Å². The van der Waals surface area contributed by atoms with E-state index in [4.69, 9.17) is 0 Å².